The summed E-state index contributed by atoms with van der Waals surface area (Å²) in [4.78, 5) is 54.4. The first-order valence-electron chi connectivity index (χ1n) is 21.9. The number of rotatable bonds is 17. The molecule has 1 aliphatic heterocycles. The number of imidazole rings is 1. The second kappa shape index (κ2) is 21.8. The summed E-state index contributed by atoms with van der Waals surface area (Å²) in [5.74, 6) is -0.377. The summed E-state index contributed by atoms with van der Waals surface area (Å²) in [6.07, 6.45) is -1.23. The Kier molecular flexibility index (Phi) is 16.8. The molecule has 15 nitrogen and oxygen atoms in total. The van der Waals surface area contributed by atoms with Gasteiger partial charge in [-0.15, -0.1) is 13.2 Å². The first kappa shape index (κ1) is 50.8. The number of aromatic amines is 1. The number of likely N-dealkylation sites (tertiary alicyclic amines) is 1. The molecule has 19 heteroatoms. The molecule has 2 aromatic carbocycles. The van der Waals surface area contributed by atoms with Gasteiger partial charge in [0.2, 0.25) is 5.91 Å². The van der Waals surface area contributed by atoms with Crippen molar-refractivity contribution in [3.63, 3.8) is 0 Å². The fourth-order valence-electron chi connectivity index (χ4n) is 7.57. The first-order valence-corrected chi connectivity index (χ1v) is 22.3. The normalized spacial score (nSPS) is 16.9. The fraction of sp³-hybridized carbons (Fsp3) is 0.489. The van der Waals surface area contributed by atoms with E-state index >= 15 is 0 Å². The molecular formula is C47H59ClF3N9O6. The fourth-order valence-corrected chi connectivity index (χ4v) is 7.79. The zero-order valence-corrected chi connectivity index (χ0v) is 39.4. The Balaban J connectivity index is 1.33. The highest BCUT2D eigenvalue weighted by atomic mass is 35.5. The van der Waals surface area contributed by atoms with E-state index in [0.29, 0.717) is 54.4 Å². The minimum atomic E-state index is -5.01. The molecule has 3 amide bonds. The van der Waals surface area contributed by atoms with Gasteiger partial charge in [-0.1, -0.05) is 69.1 Å². The Labute approximate surface area is 388 Å². The number of nitrogens with one attached hydrogen (secondary N) is 4. The van der Waals surface area contributed by atoms with Crippen molar-refractivity contribution in [3.8, 4) is 34.2 Å². The number of ether oxygens (including phenoxy) is 3. The Hall–Kier alpha value is -6.22. The monoisotopic (exact) mass is 937 g/mol. The maximum absolute atomic E-state index is 13.9. The van der Waals surface area contributed by atoms with Crippen molar-refractivity contribution in [3.05, 3.63) is 77.3 Å². The van der Waals surface area contributed by atoms with Crippen LogP contribution in [0.3, 0.4) is 0 Å². The van der Waals surface area contributed by atoms with Crippen molar-refractivity contribution in [2.24, 2.45) is 11.8 Å². The maximum Gasteiger partial charge on any atom is 0.573 e. The van der Waals surface area contributed by atoms with Crippen LogP contribution < -0.4 is 25.6 Å². The number of carbonyl (C=O) groups is 3. The molecule has 0 aliphatic carbocycles. The summed E-state index contributed by atoms with van der Waals surface area (Å²) >= 11 is 6.75. The lowest BCUT2D eigenvalue weighted by Gasteiger charge is -2.30. The van der Waals surface area contributed by atoms with Gasteiger partial charge < -0.3 is 44.9 Å². The number of methoxy groups -OCH3 is 1. The van der Waals surface area contributed by atoms with Gasteiger partial charge in [0, 0.05) is 43.5 Å². The molecule has 356 valence electrons. The molecule has 6 atom stereocenters. The smallest absolute Gasteiger partial charge is 0.453 e. The Bertz CT molecular complexity index is 2330. The molecule has 1 saturated heterocycles. The van der Waals surface area contributed by atoms with Gasteiger partial charge in [-0.05, 0) is 82.2 Å². The van der Waals surface area contributed by atoms with Crippen molar-refractivity contribution in [2.75, 3.05) is 37.0 Å². The molecule has 2 aromatic heterocycles. The Morgan fingerprint density at radius 3 is 2.29 bits per heavy atom. The van der Waals surface area contributed by atoms with Gasteiger partial charge in [0.15, 0.2) is 0 Å². The lowest BCUT2D eigenvalue weighted by Crippen LogP contribution is -2.51. The van der Waals surface area contributed by atoms with E-state index in [-0.39, 0.29) is 40.7 Å². The van der Waals surface area contributed by atoms with Crippen LogP contribution in [-0.2, 0) is 14.3 Å². The van der Waals surface area contributed by atoms with Crippen LogP contribution in [-0.4, -0.2) is 88.7 Å². The van der Waals surface area contributed by atoms with E-state index < -0.39 is 53.9 Å². The SMILES string of the molecule is CCC(C)[C@H](NC(=O)OC)C(=O)N1C[C@@H](C#N)C[C@H]1c1ncc(-c2ccc(-c3cc(Cl)c(NC(C)c4ccc(N(CCNC(=O)OC(C)(C)C)[C@H](C)CC)nc4)cc3OC(F)(F)F)cc2)[nH]1. The largest absolute Gasteiger partial charge is 0.573 e. The highest BCUT2D eigenvalue weighted by Gasteiger charge is 2.42. The van der Waals surface area contributed by atoms with Gasteiger partial charge in [0.05, 0.1) is 53.8 Å². The van der Waals surface area contributed by atoms with Gasteiger partial charge in [0.1, 0.15) is 29.0 Å². The van der Waals surface area contributed by atoms with Gasteiger partial charge in [-0.2, -0.15) is 5.26 Å². The van der Waals surface area contributed by atoms with Gasteiger partial charge in [-0.25, -0.2) is 19.6 Å². The van der Waals surface area contributed by atoms with Crippen LogP contribution in [0.2, 0.25) is 5.02 Å². The number of alkyl carbamates (subject to hydrolysis) is 2. The van der Waals surface area contributed by atoms with Crippen molar-refractivity contribution < 1.29 is 41.8 Å². The number of benzene rings is 2. The lowest BCUT2D eigenvalue weighted by atomic mass is 9.97. The second-order valence-electron chi connectivity index (χ2n) is 17.4. The number of hydrogen-bond donors (Lipinski definition) is 4. The van der Waals surface area contributed by atoms with Crippen molar-refractivity contribution in [1.29, 1.82) is 5.26 Å². The molecule has 0 bridgehead atoms. The Morgan fingerprint density at radius 1 is 1.00 bits per heavy atom. The van der Waals surface area contributed by atoms with Crippen LogP contribution in [0.5, 0.6) is 5.75 Å². The predicted octanol–water partition coefficient (Wildman–Crippen LogP) is 10.2. The number of aromatic nitrogens is 3. The van der Waals surface area contributed by atoms with Crippen LogP contribution in [0.15, 0.2) is 60.9 Å². The molecule has 0 saturated carbocycles. The van der Waals surface area contributed by atoms with Crippen LogP contribution >= 0.6 is 11.6 Å². The maximum atomic E-state index is 13.9. The van der Waals surface area contributed by atoms with Gasteiger partial charge in [-0.3, -0.25) is 4.79 Å². The number of carbonyl (C=O) groups excluding carboxylic acids is 3. The van der Waals surface area contributed by atoms with E-state index in [1.54, 1.807) is 62.3 Å². The standard InChI is InChI=1S/C47H59ClF3N9O6/c1-10-27(3)41(58-45(63)64-9)43(61)60-26-30(23-52)20-38(60)42-55-25-37(57-42)32-14-12-31(13-15-32)34-21-35(48)36(22-39(34)65-47(49,50)51)56-29(5)33-16-17-40(54-24-33)59(28(4)11-2)19-18-53-44(62)66-46(6,7)8/h12-17,21-22,24-25,27-30,38,41,56H,10-11,18-20,26H2,1-9H3,(H,53,62)(H,55,57)(H,58,63)/t27?,28-,29?,30-,38+,41+/m1/s1. The molecule has 4 N–H and O–H groups in total. The highest BCUT2D eigenvalue weighted by Crippen LogP contribution is 2.42. The summed E-state index contributed by atoms with van der Waals surface area (Å²) < 4.78 is 56.3. The molecule has 3 heterocycles. The van der Waals surface area contributed by atoms with Crippen LogP contribution in [0.1, 0.15) is 98.1 Å². The summed E-state index contributed by atoms with van der Waals surface area (Å²) in [7, 11) is 1.22. The van der Waals surface area contributed by atoms with E-state index in [1.807, 2.05) is 32.9 Å². The van der Waals surface area contributed by atoms with E-state index in [2.05, 4.69) is 60.5 Å². The summed E-state index contributed by atoms with van der Waals surface area (Å²) in [6.45, 7) is 16.1. The molecule has 1 aliphatic rings. The van der Waals surface area contributed by atoms with Crippen molar-refractivity contribution >= 4 is 41.2 Å². The molecule has 4 aromatic rings. The van der Waals surface area contributed by atoms with Crippen molar-refractivity contribution in [1.82, 2.24) is 30.5 Å². The number of halogens is 4. The molecule has 0 spiro atoms. The Morgan fingerprint density at radius 2 is 1.70 bits per heavy atom. The quantitative estimate of drug-likeness (QED) is 0.0789. The number of anilines is 2. The van der Waals surface area contributed by atoms with E-state index in [9.17, 15) is 32.8 Å². The number of hydrogen-bond acceptors (Lipinski definition) is 11. The first-order chi connectivity index (χ1) is 31.1. The summed E-state index contributed by atoms with van der Waals surface area (Å²) in [5.41, 5.74) is 2.05. The number of pyridine rings is 1. The zero-order chi connectivity index (χ0) is 48.5. The van der Waals surface area contributed by atoms with Crippen molar-refractivity contribution in [2.45, 2.75) is 111 Å². The number of nitrogens with zero attached hydrogens (tertiary/aromatic N) is 5. The number of amides is 3. The third kappa shape index (κ3) is 13.2. The van der Waals surface area contributed by atoms with E-state index in [4.69, 9.17) is 21.1 Å². The number of alkyl halides is 3. The summed E-state index contributed by atoms with van der Waals surface area (Å²) in [5, 5.41) is 18.6. The molecule has 1 fully saturated rings. The number of nitriles is 1. The topological polar surface area (TPSA) is 187 Å². The third-order valence-electron chi connectivity index (χ3n) is 11.5. The molecule has 2 unspecified atom stereocenters. The lowest BCUT2D eigenvalue weighted by molar-refractivity contribution is -0.274. The highest BCUT2D eigenvalue weighted by molar-refractivity contribution is 6.33. The molecule has 5 rings (SSSR count). The average molecular weight is 938 g/mol. The minimum absolute atomic E-state index is 0.101. The van der Waals surface area contributed by atoms with Gasteiger partial charge >= 0.3 is 18.5 Å². The van der Waals surface area contributed by atoms with Crippen LogP contribution in [0, 0.1) is 23.2 Å². The zero-order valence-electron chi connectivity index (χ0n) is 38.7. The molecule has 66 heavy (non-hydrogen) atoms. The third-order valence-corrected chi connectivity index (χ3v) is 11.8. The van der Waals surface area contributed by atoms with Crippen LogP contribution in [0.4, 0.5) is 34.3 Å². The number of H-pyrrole nitrogens is 1. The summed E-state index contributed by atoms with van der Waals surface area (Å²) in [6, 6.07) is 13.5. The predicted molar refractivity (Wildman–Crippen MR) is 246 cm³/mol. The van der Waals surface area contributed by atoms with E-state index in [1.165, 1.54) is 19.2 Å². The molecule has 0 radical (unpaired) electrons. The van der Waals surface area contributed by atoms with E-state index in [0.717, 1.165) is 12.0 Å². The van der Waals surface area contributed by atoms with Crippen LogP contribution in [0.25, 0.3) is 22.4 Å². The minimum Gasteiger partial charge on any atom is -0.453 e. The average Bonchev–Trinajstić information content (AvgIpc) is 3.94. The molecular weight excluding hydrogens is 879 g/mol. The van der Waals surface area contributed by atoms with Gasteiger partial charge in [0.25, 0.3) is 0 Å². The second-order valence-corrected chi connectivity index (χ2v) is 17.8.